The first kappa shape index (κ1) is 18.7. The summed E-state index contributed by atoms with van der Waals surface area (Å²) in [6, 6.07) is 9.27. The number of likely N-dealkylation sites (tertiary alicyclic amines) is 1. The second-order valence-electron chi connectivity index (χ2n) is 6.29. The van der Waals surface area contributed by atoms with Crippen LogP contribution >= 0.6 is 12.4 Å². The fraction of sp³-hybridized carbons (Fsp3) is 0.556. The number of rotatable bonds is 3. The van der Waals surface area contributed by atoms with Crippen LogP contribution in [0.5, 0.6) is 0 Å². The van der Waals surface area contributed by atoms with Crippen LogP contribution in [0, 0.1) is 0 Å². The molecule has 3 rings (SSSR count). The van der Waals surface area contributed by atoms with Crippen molar-refractivity contribution in [2.45, 2.75) is 31.7 Å². The second kappa shape index (κ2) is 9.04. The van der Waals surface area contributed by atoms with Gasteiger partial charge in [0.05, 0.1) is 0 Å². The molecule has 2 fully saturated rings. The smallest absolute Gasteiger partial charge is 0.250 e. The average molecular weight is 352 g/mol. The van der Waals surface area contributed by atoms with Crippen LogP contribution in [0.2, 0.25) is 0 Å². The number of halogens is 1. The molecule has 0 aromatic heterocycles. The van der Waals surface area contributed by atoms with Crippen LogP contribution in [0.15, 0.2) is 30.3 Å². The summed E-state index contributed by atoms with van der Waals surface area (Å²) < 4.78 is 0. The first-order valence-electron chi connectivity index (χ1n) is 8.61. The standard InChI is InChI=1S/C18H25N3O2.ClH/c22-16-9-4-5-13-21(16)17(15-7-2-1-3-8-15)18(23)20-12-6-10-19-11-14-20;/h1-3,7-8,17,19H,4-6,9-14H2;1H. The molecule has 1 aromatic carbocycles. The van der Waals surface area contributed by atoms with Crippen LogP contribution in [0.3, 0.4) is 0 Å². The van der Waals surface area contributed by atoms with E-state index in [4.69, 9.17) is 0 Å². The zero-order chi connectivity index (χ0) is 16.1. The van der Waals surface area contributed by atoms with Crippen molar-refractivity contribution >= 4 is 24.2 Å². The predicted molar refractivity (Wildman–Crippen MR) is 96.1 cm³/mol. The summed E-state index contributed by atoms with van der Waals surface area (Å²) in [6.45, 7) is 3.92. The summed E-state index contributed by atoms with van der Waals surface area (Å²) in [4.78, 5) is 29.3. The van der Waals surface area contributed by atoms with E-state index in [0.29, 0.717) is 19.5 Å². The summed E-state index contributed by atoms with van der Waals surface area (Å²) in [7, 11) is 0. The number of carbonyl (C=O) groups is 2. The minimum atomic E-state index is -0.470. The molecule has 2 amide bonds. The maximum atomic E-state index is 13.2. The third-order valence-electron chi connectivity index (χ3n) is 4.67. The van der Waals surface area contributed by atoms with Crippen molar-refractivity contribution in [1.29, 1.82) is 0 Å². The lowest BCUT2D eigenvalue weighted by Gasteiger charge is -2.36. The highest BCUT2D eigenvalue weighted by atomic mass is 35.5. The molecule has 5 nitrogen and oxygen atoms in total. The minimum absolute atomic E-state index is 0. The van der Waals surface area contributed by atoms with Gasteiger partial charge in [-0.25, -0.2) is 0 Å². The second-order valence-corrected chi connectivity index (χ2v) is 6.29. The average Bonchev–Trinajstić information content (AvgIpc) is 2.87. The molecular formula is C18H26ClN3O2. The van der Waals surface area contributed by atoms with E-state index in [-0.39, 0.29) is 24.2 Å². The highest BCUT2D eigenvalue weighted by Gasteiger charge is 2.35. The summed E-state index contributed by atoms with van der Waals surface area (Å²) >= 11 is 0. The zero-order valence-corrected chi connectivity index (χ0v) is 14.8. The van der Waals surface area contributed by atoms with Gasteiger partial charge in [-0.2, -0.15) is 0 Å². The van der Waals surface area contributed by atoms with Crippen LogP contribution in [0.25, 0.3) is 0 Å². The number of piperidine rings is 1. The maximum absolute atomic E-state index is 13.2. The fourth-order valence-corrected chi connectivity index (χ4v) is 3.43. The number of nitrogens with one attached hydrogen (secondary N) is 1. The number of hydrogen-bond acceptors (Lipinski definition) is 3. The van der Waals surface area contributed by atoms with Gasteiger partial charge in [0.25, 0.3) is 0 Å². The predicted octanol–water partition coefficient (Wildman–Crippen LogP) is 1.98. The highest BCUT2D eigenvalue weighted by Crippen LogP contribution is 2.27. The molecule has 1 atom stereocenters. The topological polar surface area (TPSA) is 52.7 Å². The van der Waals surface area contributed by atoms with Crippen molar-refractivity contribution in [2.75, 3.05) is 32.7 Å². The molecule has 0 saturated carbocycles. The van der Waals surface area contributed by atoms with Gasteiger partial charge in [0.1, 0.15) is 6.04 Å². The molecule has 1 unspecified atom stereocenters. The monoisotopic (exact) mass is 351 g/mol. The molecule has 132 valence electrons. The zero-order valence-electron chi connectivity index (χ0n) is 13.9. The lowest BCUT2D eigenvalue weighted by atomic mass is 10.00. The normalized spacial score (nSPS) is 20.1. The Morgan fingerprint density at radius 3 is 2.54 bits per heavy atom. The summed E-state index contributed by atoms with van der Waals surface area (Å²) in [6.07, 6.45) is 3.42. The Morgan fingerprint density at radius 1 is 1.00 bits per heavy atom. The lowest BCUT2D eigenvalue weighted by molar-refractivity contribution is -0.147. The van der Waals surface area contributed by atoms with Gasteiger partial charge in [0.15, 0.2) is 0 Å². The van der Waals surface area contributed by atoms with Gasteiger partial charge in [-0.05, 0) is 31.4 Å². The number of nitrogens with zero attached hydrogens (tertiary/aromatic N) is 2. The van der Waals surface area contributed by atoms with Gasteiger partial charge in [-0.3, -0.25) is 9.59 Å². The number of amides is 2. The van der Waals surface area contributed by atoms with Gasteiger partial charge in [0.2, 0.25) is 11.8 Å². The molecule has 2 aliphatic rings. The molecule has 24 heavy (non-hydrogen) atoms. The molecule has 0 spiro atoms. The number of carbonyl (C=O) groups excluding carboxylic acids is 2. The Labute approximate surface area is 149 Å². The van der Waals surface area contributed by atoms with Gasteiger partial charge < -0.3 is 15.1 Å². The van der Waals surface area contributed by atoms with Crippen molar-refractivity contribution in [1.82, 2.24) is 15.1 Å². The Morgan fingerprint density at radius 2 is 1.79 bits per heavy atom. The fourth-order valence-electron chi connectivity index (χ4n) is 3.43. The van der Waals surface area contributed by atoms with E-state index in [0.717, 1.165) is 44.5 Å². The number of benzene rings is 1. The lowest BCUT2D eigenvalue weighted by Crippen LogP contribution is -2.48. The minimum Gasteiger partial charge on any atom is -0.339 e. The summed E-state index contributed by atoms with van der Waals surface area (Å²) in [5, 5.41) is 3.32. The Kier molecular flexibility index (Phi) is 7.06. The third-order valence-corrected chi connectivity index (χ3v) is 4.67. The molecule has 6 heteroatoms. The number of hydrogen-bond donors (Lipinski definition) is 1. The Hall–Kier alpha value is -1.59. The molecule has 2 saturated heterocycles. The van der Waals surface area contributed by atoms with E-state index in [9.17, 15) is 9.59 Å². The Balaban J connectivity index is 0.00000208. The van der Waals surface area contributed by atoms with Crippen molar-refractivity contribution in [2.24, 2.45) is 0 Å². The van der Waals surface area contributed by atoms with Crippen molar-refractivity contribution < 1.29 is 9.59 Å². The van der Waals surface area contributed by atoms with Crippen LogP contribution in [-0.4, -0.2) is 54.3 Å². The largest absolute Gasteiger partial charge is 0.339 e. The molecule has 0 aliphatic carbocycles. The van der Waals surface area contributed by atoms with Gasteiger partial charge in [-0.1, -0.05) is 30.3 Å². The van der Waals surface area contributed by atoms with Crippen LogP contribution in [0.4, 0.5) is 0 Å². The van der Waals surface area contributed by atoms with Crippen LogP contribution in [0.1, 0.15) is 37.3 Å². The molecular weight excluding hydrogens is 326 g/mol. The maximum Gasteiger partial charge on any atom is 0.250 e. The molecule has 2 heterocycles. The van der Waals surface area contributed by atoms with Crippen molar-refractivity contribution in [3.8, 4) is 0 Å². The quantitative estimate of drug-likeness (QED) is 0.906. The van der Waals surface area contributed by atoms with Crippen LogP contribution < -0.4 is 5.32 Å². The first-order valence-corrected chi connectivity index (χ1v) is 8.61. The molecule has 1 N–H and O–H groups in total. The highest BCUT2D eigenvalue weighted by molar-refractivity contribution is 5.89. The van der Waals surface area contributed by atoms with Gasteiger partial charge in [0, 0.05) is 32.6 Å². The van der Waals surface area contributed by atoms with E-state index >= 15 is 0 Å². The van der Waals surface area contributed by atoms with Crippen molar-refractivity contribution in [3.63, 3.8) is 0 Å². The van der Waals surface area contributed by atoms with Crippen molar-refractivity contribution in [3.05, 3.63) is 35.9 Å². The summed E-state index contributed by atoms with van der Waals surface area (Å²) in [5.41, 5.74) is 0.921. The van der Waals surface area contributed by atoms with E-state index in [1.54, 1.807) is 4.90 Å². The van der Waals surface area contributed by atoms with Crippen LogP contribution in [-0.2, 0) is 9.59 Å². The molecule has 0 radical (unpaired) electrons. The van der Waals surface area contributed by atoms with E-state index < -0.39 is 6.04 Å². The molecule has 1 aromatic rings. The third kappa shape index (κ3) is 4.28. The van der Waals surface area contributed by atoms with Gasteiger partial charge >= 0.3 is 0 Å². The van der Waals surface area contributed by atoms with E-state index in [1.165, 1.54) is 0 Å². The van der Waals surface area contributed by atoms with E-state index in [2.05, 4.69) is 5.32 Å². The summed E-state index contributed by atoms with van der Waals surface area (Å²) in [5.74, 6) is 0.168. The molecule has 2 aliphatic heterocycles. The molecule has 0 bridgehead atoms. The van der Waals surface area contributed by atoms with E-state index in [1.807, 2.05) is 35.2 Å². The first-order chi connectivity index (χ1) is 11.3. The van der Waals surface area contributed by atoms with Gasteiger partial charge in [-0.15, -0.1) is 12.4 Å². The SMILES string of the molecule is Cl.O=C(C(c1ccccc1)N1CCCCC1=O)N1CCCNCC1. The Bertz CT molecular complexity index is 544.